The van der Waals surface area contributed by atoms with Gasteiger partial charge in [-0.2, -0.15) is 0 Å². The molecule has 1 aromatic rings. The molecule has 1 amide bonds. The number of sulfonamides is 1. The van der Waals surface area contributed by atoms with Gasteiger partial charge in [-0.25, -0.2) is 13.2 Å². The Labute approximate surface area is 167 Å². The molecule has 7 nitrogen and oxygen atoms in total. The molecule has 27 heavy (non-hydrogen) atoms. The molecule has 0 unspecified atom stereocenters. The number of ether oxygens (including phenoxy) is 1. The van der Waals surface area contributed by atoms with Crippen LogP contribution in [-0.4, -0.2) is 50.6 Å². The van der Waals surface area contributed by atoms with Crippen molar-refractivity contribution in [1.29, 1.82) is 0 Å². The molecule has 9 heteroatoms. The van der Waals surface area contributed by atoms with Gasteiger partial charge in [-0.05, 0) is 49.8 Å². The van der Waals surface area contributed by atoms with E-state index < -0.39 is 16.1 Å². The summed E-state index contributed by atoms with van der Waals surface area (Å²) in [7, 11) is -3.55. The molecule has 3 atom stereocenters. The number of esters is 1. The van der Waals surface area contributed by atoms with E-state index in [9.17, 15) is 18.0 Å². The molecule has 2 fully saturated rings. The third-order valence-electron chi connectivity index (χ3n) is 5.19. The number of nitrogens with zero attached hydrogens (tertiary/aromatic N) is 1. The van der Waals surface area contributed by atoms with Gasteiger partial charge in [-0.1, -0.05) is 22.4 Å². The number of hydrogen-bond acceptors (Lipinski definition) is 5. The van der Waals surface area contributed by atoms with Gasteiger partial charge in [-0.15, -0.1) is 0 Å². The van der Waals surface area contributed by atoms with E-state index >= 15 is 0 Å². The third-order valence-corrected chi connectivity index (χ3v) is 6.27. The van der Waals surface area contributed by atoms with Gasteiger partial charge in [0.1, 0.15) is 6.04 Å². The number of fused-ring (bicyclic) bond motifs is 1. The highest BCUT2D eigenvalue weighted by molar-refractivity contribution is 9.10. The standard InChI is InChI=1S/C18H23BrN2O5S/c1-3-26-18(23)16-13-6-4-5-11(13)10-21(16)17(22)14-9-12(19)7-8-15(14)20-27(2,24)25/h7-9,11,13,16,20H,3-6,10H2,1-2H3/t11-,13-,16+/m1/s1. The second-order valence-electron chi connectivity index (χ2n) is 7.07. The Morgan fingerprint density at radius 1 is 1.33 bits per heavy atom. The molecule has 0 radical (unpaired) electrons. The first-order valence-electron chi connectivity index (χ1n) is 8.96. The fourth-order valence-electron chi connectivity index (χ4n) is 4.18. The maximum atomic E-state index is 13.3. The van der Waals surface area contributed by atoms with Crippen LogP contribution in [0.15, 0.2) is 22.7 Å². The molecule has 148 valence electrons. The van der Waals surface area contributed by atoms with Gasteiger partial charge in [0.15, 0.2) is 0 Å². The van der Waals surface area contributed by atoms with Gasteiger partial charge >= 0.3 is 5.97 Å². The lowest BCUT2D eigenvalue weighted by molar-refractivity contribution is -0.149. The maximum Gasteiger partial charge on any atom is 0.329 e. The first-order valence-corrected chi connectivity index (χ1v) is 11.6. The first kappa shape index (κ1) is 20.1. The van der Waals surface area contributed by atoms with Crippen LogP contribution in [0.2, 0.25) is 0 Å². The van der Waals surface area contributed by atoms with Crippen LogP contribution in [0.3, 0.4) is 0 Å². The maximum absolute atomic E-state index is 13.3. The highest BCUT2D eigenvalue weighted by Crippen LogP contribution is 2.43. The molecule has 1 aromatic carbocycles. The molecule has 3 rings (SSSR count). The average Bonchev–Trinajstić information content (AvgIpc) is 3.15. The van der Waals surface area contributed by atoms with E-state index in [1.165, 1.54) is 6.07 Å². The number of carbonyl (C=O) groups is 2. The van der Waals surface area contributed by atoms with Crippen molar-refractivity contribution >= 4 is 43.5 Å². The molecule has 1 heterocycles. The molecule has 1 aliphatic carbocycles. The minimum Gasteiger partial charge on any atom is -0.464 e. The first-order chi connectivity index (χ1) is 12.7. The van der Waals surface area contributed by atoms with Gasteiger partial charge in [-0.3, -0.25) is 9.52 Å². The summed E-state index contributed by atoms with van der Waals surface area (Å²) in [5.41, 5.74) is 0.412. The lowest BCUT2D eigenvalue weighted by Gasteiger charge is -2.27. The Morgan fingerprint density at radius 2 is 2.07 bits per heavy atom. The number of carbonyl (C=O) groups excluding carboxylic acids is 2. The van der Waals surface area contributed by atoms with E-state index in [0.717, 1.165) is 25.5 Å². The topological polar surface area (TPSA) is 92.8 Å². The Morgan fingerprint density at radius 3 is 2.74 bits per heavy atom. The van der Waals surface area contributed by atoms with Crippen molar-refractivity contribution in [2.24, 2.45) is 11.8 Å². The van der Waals surface area contributed by atoms with E-state index in [1.54, 1.807) is 24.0 Å². The lowest BCUT2D eigenvalue weighted by Crippen LogP contribution is -2.44. The van der Waals surface area contributed by atoms with Gasteiger partial charge < -0.3 is 9.64 Å². The molecule has 0 spiro atoms. The number of amides is 1. The van der Waals surface area contributed by atoms with E-state index in [2.05, 4.69) is 20.7 Å². The molecule has 2 aliphatic rings. The number of nitrogens with one attached hydrogen (secondary N) is 1. The van der Waals surface area contributed by atoms with Crippen molar-refractivity contribution in [2.45, 2.75) is 32.2 Å². The van der Waals surface area contributed by atoms with Gasteiger partial charge in [0.2, 0.25) is 10.0 Å². The lowest BCUT2D eigenvalue weighted by atomic mass is 9.94. The largest absolute Gasteiger partial charge is 0.464 e. The van der Waals surface area contributed by atoms with Crippen LogP contribution >= 0.6 is 15.9 Å². The number of hydrogen-bond donors (Lipinski definition) is 1. The molecule has 1 saturated heterocycles. The zero-order valence-electron chi connectivity index (χ0n) is 15.3. The normalized spacial score (nSPS) is 24.6. The smallest absolute Gasteiger partial charge is 0.329 e. The third kappa shape index (κ3) is 4.29. The van der Waals surface area contributed by atoms with Crippen LogP contribution in [0.25, 0.3) is 0 Å². The van der Waals surface area contributed by atoms with Crippen LogP contribution in [0.5, 0.6) is 0 Å². The van der Waals surface area contributed by atoms with E-state index in [-0.39, 0.29) is 41.6 Å². The van der Waals surface area contributed by atoms with Crippen molar-refractivity contribution in [3.8, 4) is 0 Å². The fourth-order valence-corrected chi connectivity index (χ4v) is 5.12. The van der Waals surface area contributed by atoms with Gasteiger partial charge in [0.05, 0.1) is 24.1 Å². The second-order valence-corrected chi connectivity index (χ2v) is 9.74. The minimum absolute atomic E-state index is 0.103. The number of anilines is 1. The Bertz CT molecular complexity index is 857. The number of benzene rings is 1. The van der Waals surface area contributed by atoms with Crippen LogP contribution in [-0.2, 0) is 19.6 Å². The van der Waals surface area contributed by atoms with Crippen molar-refractivity contribution in [1.82, 2.24) is 4.90 Å². The quantitative estimate of drug-likeness (QED) is 0.684. The summed E-state index contributed by atoms with van der Waals surface area (Å²) in [5, 5.41) is 0. The van der Waals surface area contributed by atoms with E-state index in [0.29, 0.717) is 11.0 Å². The van der Waals surface area contributed by atoms with E-state index in [4.69, 9.17) is 4.74 Å². The number of rotatable bonds is 5. The number of likely N-dealkylation sites (tertiary alicyclic amines) is 1. The molecular weight excluding hydrogens is 436 g/mol. The Kier molecular flexibility index (Phi) is 5.81. The average molecular weight is 459 g/mol. The SMILES string of the molecule is CCOC(=O)[C@@H]1[C@@H]2CCC[C@@H]2CN1C(=O)c1cc(Br)ccc1NS(C)(=O)=O. The fraction of sp³-hybridized carbons (Fsp3) is 0.556. The molecular formula is C18H23BrN2O5S. The zero-order chi connectivity index (χ0) is 19.8. The van der Waals surface area contributed by atoms with Gasteiger partial charge in [0, 0.05) is 11.0 Å². The summed E-state index contributed by atoms with van der Waals surface area (Å²) in [6, 6.07) is 4.15. The molecule has 0 aromatic heterocycles. The van der Waals surface area contributed by atoms with Crippen molar-refractivity contribution in [3.63, 3.8) is 0 Å². The van der Waals surface area contributed by atoms with Gasteiger partial charge in [0.25, 0.3) is 5.91 Å². The predicted molar refractivity (Wildman–Crippen MR) is 105 cm³/mol. The predicted octanol–water partition coefficient (Wildman–Crippen LogP) is 2.62. The zero-order valence-corrected chi connectivity index (χ0v) is 17.7. The van der Waals surface area contributed by atoms with Crippen molar-refractivity contribution < 1.29 is 22.7 Å². The molecule has 1 saturated carbocycles. The van der Waals surface area contributed by atoms with Crippen molar-refractivity contribution in [2.75, 3.05) is 24.1 Å². The van der Waals surface area contributed by atoms with Crippen LogP contribution in [0.1, 0.15) is 36.5 Å². The van der Waals surface area contributed by atoms with Crippen molar-refractivity contribution in [3.05, 3.63) is 28.2 Å². The number of halogens is 1. The summed E-state index contributed by atoms with van der Waals surface area (Å²) in [5.74, 6) is -0.365. The van der Waals surface area contributed by atoms with Crippen LogP contribution < -0.4 is 4.72 Å². The molecule has 1 N–H and O–H groups in total. The molecule has 1 aliphatic heterocycles. The summed E-state index contributed by atoms with van der Waals surface area (Å²) in [6.07, 6.45) is 3.96. The highest BCUT2D eigenvalue weighted by atomic mass is 79.9. The minimum atomic E-state index is -3.55. The summed E-state index contributed by atoms with van der Waals surface area (Å²) >= 11 is 3.33. The monoisotopic (exact) mass is 458 g/mol. The summed E-state index contributed by atoms with van der Waals surface area (Å²) in [4.78, 5) is 27.5. The Hall–Kier alpha value is -1.61. The molecule has 0 bridgehead atoms. The summed E-state index contributed by atoms with van der Waals surface area (Å²) < 4.78 is 31.6. The second kappa shape index (κ2) is 7.79. The summed E-state index contributed by atoms with van der Waals surface area (Å²) in [6.45, 7) is 2.48. The van der Waals surface area contributed by atoms with Crippen LogP contribution in [0.4, 0.5) is 5.69 Å². The Balaban J connectivity index is 1.96. The van der Waals surface area contributed by atoms with Crippen LogP contribution in [0, 0.1) is 11.8 Å². The highest BCUT2D eigenvalue weighted by Gasteiger charge is 2.50. The van der Waals surface area contributed by atoms with E-state index in [1.807, 2.05) is 0 Å².